The first kappa shape index (κ1) is 16.3. The fraction of sp³-hybridized carbons (Fsp3) is 0.381. The average molecular weight is 335 g/mol. The van der Waals surface area contributed by atoms with Crippen LogP contribution in [0.1, 0.15) is 23.3 Å². The summed E-state index contributed by atoms with van der Waals surface area (Å²) < 4.78 is 5.97. The summed E-state index contributed by atoms with van der Waals surface area (Å²) in [5.74, 6) is 1.75. The van der Waals surface area contributed by atoms with Gasteiger partial charge in [0.05, 0.1) is 0 Å². The van der Waals surface area contributed by atoms with Crippen LogP contribution in [0.15, 0.2) is 53.2 Å². The molecule has 1 fully saturated rings. The minimum absolute atomic E-state index is 0.718. The molecule has 2 aromatic heterocycles. The number of nitrogens with zero attached hydrogens (tertiary/aromatic N) is 2. The van der Waals surface area contributed by atoms with Crippen molar-refractivity contribution in [2.24, 2.45) is 5.92 Å². The molecule has 1 aliphatic rings. The topological polar surface area (TPSA) is 41.3 Å². The summed E-state index contributed by atoms with van der Waals surface area (Å²) in [6.07, 6.45) is 5.07. The lowest BCUT2D eigenvalue weighted by atomic mass is 10.1. The van der Waals surface area contributed by atoms with Crippen LogP contribution in [0.5, 0.6) is 0 Å². The lowest BCUT2D eigenvalue weighted by molar-refractivity contribution is 0.220. The molecule has 0 radical (unpaired) electrons. The molecule has 4 nitrogen and oxygen atoms in total. The van der Waals surface area contributed by atoms with Crippen LogP contribution in [0.25, 0.3) is 11.0 Å². The number of rotatable bonds is 6. The van der Waals surface area contributed by atoms with Crippen molar-refractivity contribution in [1.82, 2.24) is 15.2 Å². The van der Waals surface area contributed by atoms with E-state index in [4.69, 9.17) is 4.42 Å². The Kier molecular flexibility index (Phi) is 4.81. The van der Waals surface area contributed by atoms with E-state index in [2.05, 4.69) is 46.4 Å². The Bertz CT molecular complexity index is 822. The average Bonchev–Trinajstić information content (AvgIpc) is 3.24. The number of fused-ring (bicyclic) bond motifs is 1. The highest BCUT2D eigenvalue weighted by molar-refractivity contribution is 5.82. The summed E-state index contributed by atoms with van der Waals surface area (Å²) in [7, 11) is 0. The number of para-hydroxylation sites is 1. The Morgan fingerprint density at radius 3 is 2.92 bits per heavy atom. The molecule has 0 saturated carbocycles. The van der Waals surface area contributed by atoms with Gasteiger partial charge in [0.1, 0.15) is 11.3 Å². The lowest BCUT2D eigenvalue weighted by Crippen LogP contribution is -2.30. The van der Waals surface area contributed by atoms with E-state index in [1.54, 1.807) is 0 Å². The number of hydrogen-bond donors (Lipinski definition) is 1. The summed E-state index contributed by atoms with van der Waals surface area (Å²) in [5, 5.41) is 4.72. The fourth-order valence-corrected chi connectivity index (χ4v) is 3.81. The first-order chi connectivity index (χ1) is 12.3. The van der Waals surface area contributed by atoms with Crippen molar-refractivity contribution < 1.29 is 4.42 Å². The molecule has 130 valence electrons. The molecule has 1 aromatic carbocycles. The van der Waals surface area contributed by atoms with Gasteiger partial charge in [-0.05, 0) is 50.0 Å². The van der Waals surface area contributed by atoms with Gasteiger partial charge in [-0.25, -0.2) is 0 Å². The first-order valence-electron chi connectivity index (χ1n) is 9.08. The van der Waals surface area contributed by atoms with Crippen LogP contribution < -0.4 is 5.32 Å². The third-order valence-electron chi connectivity index (χ3n) is 5.09. The van der Waals surface area contributed by atoms with Crippen molar-refractivity contribution in [1.29, 1.82) is 0 Å². The number of benzene rings is 1. The minimum Gasteiger partial charge on any atom is -0.461 e. The van der Waals surface area contributed by atoms with Gasteiger partial charge in [-0.3, -0.25) is 9.88 Å². The minimum atomic E-state index is 0.718. The Labute approximate surface area is 148 Å². The van der Waals surface area contributed by atoms with Crippen molar-refractivity contribution in [3.8, 4) is 0 Å². The van der Waals surface area contributed by atoms with E-state index in [1.165, 1.54) is 22.9 Å². The van der Waals surface area contributed by atoms with E-state index in [0.717, 1.165) is 50.0 Å². The van der Waals surface area contributed by atoms with Crippen molar-refractivity contribution in [2.45, 2.75) is 26.4 Å². The van der Waals surface area contributed by atoms with Crippen molar-refractivity contribution in [3.05, 3.63) is 65.7 Å². The van der Waals surface area contributed by atoms with Gasteiger partial charge >= 0.3 is 0 Å². The van der Waals surface area contributed by atoms with Gasteiger partial charge in [0.25, 0.3) is 0 Å². The zero-order valence-electron chi connectivity index (χ0n) is 14.7. The monoisotopic (exact) mass is 335 g/mol. The SMILES string of the molecule is Cc1oc2ccccc2c1CN(Cc1cccnc1)C[C@@H]1CCNC1. The van der Waals surface area contributed by atoms with E-state index >= 15 is 0 Å². The Morgan fingerprint density at radius 2 is 2.12 bits per heavy atom. The maximum atomic E-state index is 5.97. The van der Waals surface area contributed by atoms with Crippen LogP contribution >= 0.6 is 0 Å². The maximum Gasteiger partial charge on any atom is 0.134 e. The largest absolute Gasteiger partial charge is 0.461 e. The lowest BCUT2D eigenvalue weighted by Gasteiger charge is -2.25. The molecule has 1 N–H and O–H groups in total. The first-order valence-corrected chi connectivity index (χ1v) is 9.08. The molecule has 4 rings (SSSR count). The second-order valence-corrected chi connectivity index (χ2v) is 7.02. The number of pyridine rings is 1. The number of furan rings is 1. The molecule has 3 aromatic rings. The van der Waals surface area contributed by atoms with E-state index in [9.17, 15) is 0 Å². The van der Waals surface area contributed by atoms with Gasteiger partial charge in [0, 0.05) is 43.0 Å². The molecule has 0 amide bonds. The standard InChI is InChI=1S/C21H25N3O/c1-16-20(19-6-2-3-7-21(19)25-16)15-24(14-18-8-10-23-12-18)13-17-5-4-9-22-11-17/h2-7,9,11,18,23H,8,10,12-15H2,1H3/t18-/m1/s1. The van der Waals surface area contributed by atoms with Gasteiger partial charge in [-0.2, -0.15) is 0 Å². The van der Waals surface area contributed by atoms with E-state index in [-0.39, 0.29) is 0 Å². The van der Waals surface area contributed by atoms with Crippen molar-refractivity contribution in [2.75, 3.05) is 19.6 Å². The second-order valence-electron chi connectivity index (χ2n) is 7.02. The number of hydrogen-bond acceptors (Lipinski definition) is 4. The molecule has 1 aliphatic heterocycles. The smallest absolute Gasteiger partial charge is 0.134 e. The molecule has 1 saturated heterocycles. The predicted molar refractivity (Wildman–Crippen MR) is 100 cm³/mol. The van der Waals surface area contributed by atoms with Crippen molar-refractivity contribution >= 4 is 11.0 Å². The van der Waals surface area contributed by atoms with Crippen LogP contribution in [-0.2, 0) is 13.1 Å². The number of nitrogens with one attached hydrogen (secondary N) is 1. The van der Waals surface area contributed by atoms with Gasteiger partial charge in [-0.15, -0.1) is 0 Å². The molecule has 0 unspecified atom stereocenters. The Balaban J connectivity index is 1.59. The normalized spacial score (nSPS) is 17.6. The molecule has 0 aliphatic carbocycles. The number of aryl methyl sites for hydroxylation is 1. The van der Waals surface area contributed by atoms with Gasteiger partial charge in [0.2, 0.25) is 0 Å². The van der Waals surface area contributed by atoms with Crippen LogP contribution in [-0.4, -0.2) is 29.5 Å². The van der Waals surface area contributed by atoms with Crippen molar-refractivity contribution in [3.63, 3.8) is 0 Å². The molecule has 3 heterocycles. The molecule has 1 atom stereocenters. The quantitative estimate of drug-likeness (QED) is 0.745. The number of aromatic nitrogens is 1. The molecular weight excluding hydrogens is 310 g/mol. The second kappa shape index (κ2) is 7.38. The van der Waals surface area contributed by atoms with E-state index in [0.29, 0.717) is 0 Å². The van der Waals surface area contributed by atoms with Crippen LogP contribution in [0.2, 0.25) is 0 Å². The maximum absolute atomic E-state index is 5.97. The van der Waals surface area contributed by atoms with Gasteiger partial charge in [0.15, 0.2) is 0 Å². The predicted octanol–water partition coefficient (Wildman–Crippen LogP) is 3.75. The van der Waals surface area contributed by atoms with E-state index < -0.39 is 0 Å². The van der Waals surface area contributed by atoms with Crippen LogP contribution in [0.3, 0.4) is 0 Å². The molecule has 0 spiro atoms. The summed E-state index contributed by atoms with van der Waals surface area (Å²) in [4.78, 5) is 6.82. The Hall–Kier alpha value is -2.17. The zero-order valence-corrected chi connectivity index (χ0v) is 14.7. The third kappa shape index (κ3) is 3.75. The summed E-state index contributed by atoms with van der Waals surface area (Å²) in [6, 6.07) is 12.5. The molecule has 0 bridgehead atoms. The van der Waals surface area contributed by atoms with Crippen LogP contribution in [0, 0.1) is 12.8 Å². The summed E-state index contributed by atoms with van der Waals surface area (Å²) >= 11 is 0. The summed E-state index contributed by atoms with van der Waals surface area (Å²) in [5.41, 5.74) is 3.56. The Morgan fingerprint density at radius 1 is 1.20 bits per heavy atom. The van der Waals surface area contributed by atoms with Gasteiger partial charge < -0.3 is 9.73 Å². The highest BCUT2D eigenvalue weighted by Crippen LogP contribution is 2.27. The molecular formula is C21H25N3O. The van der Waals surface area contributed by atoms with Crippen LogP contribution in [0.4, 0.5) is 0 Å². The third-order valence-corrected chi connectivity index (χ3v) is 5.09. The summed E-state index contributed by atoms with van der Waals surface area (Å²) in [6.45, 7) is 7.26. The molecule has 4 heteroatoms. The van der Waals surface area contributed by atoms with E-state index in [1.807, 2.05) is 24.5 Å². The highest BCUT2D eigenvalue weighted by atomic mass is 16.3. The highest BCUT2D eigenvalue weighted by Gasteiger charge is 2.21. The zero-order chi connectivity index (χ0) is 17.1. The fourth-order valence-electron chi connectivity index (χ4n) is 3.81. The molecule has 25 heavy (non-hydrogen) atoms. The van der Waals surface area contributed by atoms with Gasteiger partial charge in [-0.1, -0.05) is 24.3 Å².